The predicted octanol–water partition coefficient (Wildman–Crippen LogP) is 5.65. The van der Waals surface area contributed by atoms with Gasteiger partial charge in [-0.1, -0.05) is 34.6 Å². The molecule has 7 aliphatic rings. The summed E-state index contributed by atoms with van der Waals surface area (Å²) < 4.78 is 25.0. The molecule has 5 aliphatic carbocycles. The standard InChI is InChI=1S/C39H59N3O7/c1-23-21-24(31(35(4,5)45)49-32-40-15-8-16-41-32)47-29-28(23)36(6)13-14-39-22-38(39)12-11-27(48-33(44)42-17-19-46-20-18-42)34(2,3)25(38)9-10-26(39)37(36,7)30(29)43/h8,15-16,23-31,43,45H,9-14,17-22H2,1-7H3/t23-,24?,25+,26?,27?,28?,29?,30+,31+,36-,37-,38-,39+/m1/s1. The van der Waals surface area contributed by atoms with Crippen molar-refractivity contribution in [3.8, 4) is 6.01 Å². The molecule has 0 radical (unpaired) electrons. The number of rotatable bonds is 5. The summed E-state index contributed by atoms with van der Waals surface area (Å²) in [5.41, 5.74) is -1.23. The Morgan fingerprint density at radius 1 is 1.02 bits per heavy atom. The van der Waals surface area contributed by atoms with Gasteiger partial charge in [-0.15, -0.1) is 0 Å². The molecule has 10 nitrogen and oxygen atoms in total. The van der Waals surface area contributed by atoms with E-state index in [-0.39, 0.29) is 63.2 Å². The second kappa shape index (κ2) is 11.2. The normalized spacial score (nSPS) is 47.4. The Hall–Kier alpha value is -2.01. The number of aliphatic hydroxyl groups is 2. The summed E-state index contributed by atoms with van der Waals surface area (Å²) in [5, 5.41) is 24.0. The van der Waals surface area contributed by atoms with E-state index >= 15 is 0 Å². The van der Waals surface area contributed by atoms with Crippen LogP contribution in [0.25, 0.3) is 0 Å². The predicted molar refractivity (Wildman–Crippen MR) is 182 cm³/mol. The fourth-order valence-corrected chi connectivity index (χ4v) is 13.8. The molecule has 10 heteroatoms. The lowest BCUT2D eigenvalue weighted by Gasteiger charge is -2.63. The molecule has 3 heterocycles. The van der Waals surface area contributed by atoms with Gasteiger partial charge in [0.05, 0.1) is 37.1 Å². The maximum Gasteiger partial charge on any atom is 0.410 e. The quantitative estimate of drug-likeness (QED) is 0.406. The maximum atomic E-state index is 13.2. The van der Waals surface area contributed by atoms with Crippen LogP contribution < -0.4 is 4.74 Å². The minimum absolute atomic E-state index is 0.0674. The van der Waals surface area contributed by atoms with E-state index in [1.165, 1.54) is 12.8 Å². The average molecular weight is 682 g/mol. The molecule has 5 saturated carbocycles. The van der Waals surface area contributed by atoms with Crippen LogP contribution in [0.2, 0.25) is 0 Å². The molecule has 272 valence electrons. The van der Waals surface area contributed by atoms with E-state index < -0.39 is 23.9 Å². The Balaban J connectivity index is 1.05. The number of carbonyl (C=O) groups excluding carboxylic acids is 1. The molecule has 13 atom stereocenters. The van der Waals surface area contributed by atoms with Gasteiger partial charge in [-0.25, -0.2) is 14.8 Å². The van der Waals surface area contributed by atoms with Crippen molar-refractivity contribution in [2.24, 2.45) is 50.7 Å². The molecule has 1 aromatic heterocycles. The Labute approximate surface area is 292 Å². The summed E-state index contributed by atoms with van der Waals surface area (Å²) in [6, 6.07) is 1.96. The highest BCUT2D eigenvalue weighted by Gasteiger charge is 2.85. The van der Waals surface area contributed by atoms with Gasteiger partial charge in [-0.3, -0.25) is 0 Å². The first-order valence-corrected chi connectivity index (χ1v) is 19.1. The highest BCUT2D eigenvalue weighted by atomic mass is 16.6. The molecule has 2 aliphatic heterocycles. The number of carbonyl (C=O) groups is 1. The maximum absolute atomic E-state index is 13.2. The number of ether oxygens (including phenoxy) is 4. The smallest absolute Gasteiger partial charge is 0.410 e. The Morgan fingerprint density at radius 2 is 1.69 bits per heavy atom. The monoisotopic (exact) mass is 681 g/mol. The Kier molecular flexibility index (Phi) is 7.82. The summed E-state index contributed by atoms with van der Waals surface area (Å²) in [7, 11) is 0. The van der Waals surface area contributed by atoms with Crippen LogP contribution in [-0.2, 0) is 14.2 Å². The van der Waals surface area contributed by atoms with Crippen LogP contribution in [0.4, 0.5) is 4.79 Å². The van der Waals surface area contributed by atoms with Gasteiger partial charge in [0.2, 0.25) is 0 Å². The molecule has 0 bridgehead atoms. The zero-order chi connectivity index (χ0) is 34.8. The van der Waals surface area contributed by atoms with E-state index in [4.69, 9.17) is 18.9 Å². The van der Waals surface area contributed by atoms with Gasteiger partial charge in [0.15, 0.2) is 6.10 Å². The van der Waals surface area contributed by atoms with Crippen LogP contribution in [0, 0.1) is 50.7 Å². The van der Waals surface area contributed by atoms with Gasteiger partial charge in [0, 0.05) is 36.3 Å². The second-order valence-corrected chi connectivity index (χ2v) is 18.7. The molecule has 2 saturated heterocycles. The molecular formula is C39H59N3O7. The van der Waals surface area contributed by atoms with Crippen molar-refractivity contribution in [1.29, 1.82) is 0 Å². The summed E-state index contributed by atoms with van der Waals surface area (Å²) in [6.45, 7) is 17.7. The van der Waals surface area contributed by atoms with Crippen molar-refractivity contribution < 1.29 is 34.0 Å². The van der Waals surface area contributed by atoms with Crippen molar-refractivity contribution in [1.82, 2.24) is 14.9 Å². The third-order valence-electron chi connectivity index (χ3n) is 16.1. The van der Waals surface area contributed by atoms with E-state index in [1.54, 1.807) is 32.3 Å². The summed E-state index contributed by atoms with van der Waals surface area (Å²) in [5.74, 6) is 1.40. The number of amides is 1. The van der Waals surface area contributed by atoms with Gasteiger partial charge in [0.25, 0.3) is 0 Å². The number of hydrogen-bond donors (Lipinski definition) is 2. The Bertz CT molecular complexity index is 1430. The van der Waals surface area contributed by atoms with Gasteiger partial charge >= 0.3 is 12.1 Å². The number of hydrogen-bond acceptors (Lipinski definition) is 9. The van der Waals surface area contributed by atoms with E-state index in [9.17, 15) is 15.0 Å². The van der Waals surface area contributed by atoms with Crippen LogP contribution in [0.1, 0.15) is 99.8 Å². The minimum atomic E-state index is -1.20. The number of fused-ring (bicyclic) bond motifs is 4. The van der Waals surface area contributed by atoms with Crippen LogP contribution in [0.3, 0.4) is 0 Å². The molecule has 1 aromatic rings. The highest BCUT2D eigenvalue weighted by Crippen LogP contribution is 2.89. The third kappa shape index (κ3) is 4.67. The number of aromatic nitrogens is 2. The van der Waals surface area contributed by atoms with Gasteiger partial charge in [-0.2, -0.15) is 0 Å². The Morgan fingerprint density at radius 3 is 2.39 bits per heavy atom. The minimum Gasteiger partial charge on any atom is -0.454 e. The highest BCUT2D eigenvalue weighted by molar-refractivity contribution is 5.68. The largest absolute Gasteiger partial charge is 0.454 e. The lowest BCUT2D eigenvalue weighted by Crippen LogP contribution is -2.60. The zero-order valence-electron chi connectivity index (χ0n) is 30.7. The second-order valence-electron chi connectivity index (χ2n) is 18.7. The molecule has 2 N–H and O–H groups in total. The van der Waals surface area contributed by atoms with Crippen LogP contribution in [-0.4, -0.2) is 93.6 Å². The summed E-state index contributed by atoms with van der Waals surface area (Å²) in [6.07, 6.45) is 9.39. The van der Waals surface area contributed by atoms with Crippen molar-refractivity contribution in [2.45, 2.75) is 136 Å². The van der Waals surface area contributed by atoms with E-state index in [1.807, 2.05) is 4.90 Å². The molecule has 5 unspecified atom stereocenters. The lowest BCUT2D eigenvalue weighted by molar-refractivity contribution is -0.197. The summed E-state index contributed by atoms with van der Waals surface area (Å²) >= 11 is 0. The molecule has 7 fully saturated rings. The first kappa shape index (κ1) is 34.1. The topological polar surface area (TPSA) is 123 Å². The third-order valence-corrected chi connectivity index (χ3v) is 16.1. The van der Waals surface area contributed by atoms with Crippen LogP contribution >= 0.6 is 0 Å². The molecule has 0 aromatic carbocycles. The van der Waals surface area contributed by atoms with E-state index in [0.717, 1.165) is 38.5 Å². The zero-order valence-corrected chi connectivity index (χ0v) is 30.7. The molecule has 1 amide bonds. The number of morpholine rings is 1. The molecule has 49 heavy (non-hydrogen) atoms. The van der Waals surface area contributed by atoms with Crippen LogP contribution in [0.15, 0.2) is 18.5 Å². The van der Waals surface area contributed by atoms with Crippen LogP contribution in [0.5, 0.6) is 6.01 Å². The van der Waals surface area contributed by atoms with Gasteiger partial charge in [0.1, 0.15) is 6.10 Å². The first-order valence-electron chi connectivity index (χ1n) is 19.1. The van der Waals surface area contributed by atoms with Crippen molar-refractivity contribution in [2.75, 3.05) is 26.3 Å². The van der Waals surface area contributed by atoms with E-state index in [2.05, 4.69) is 44.6 Å². The SMILES string of the molecule is C[C@@H]1CC([C@H](Oc2ncccn2)C(C)(C)O)OC2C1[C@@]1(C)CC[C@@]34C[C@@]35CCC(OC(=O)N3CCOCC3)C(C)(C)[C@@H]5CCC4[C@]1(C)[C@H]2O. The van der Waals surface area contributed by atoms with Crippen molar-refractivity contribution in [3.05, 3.63) is 18.5 Å². The van der Waals surface area contributed by atoms with Crippen molar-refractivity contribution >= 4 is 6.09 Å². The molecular weight excluding hydrogens is 622 g/mol. The molecule has 8 rings (SSSR count). The number of aliphatic hydroxyl groups excluding tert-OH is 1. The number of nitrogens with zero attached hydrogens (tertiary/aromatic N) is 3. The van der Waals surface area contributed by atoms with Crippen molar-refractivity contribution in [3.63, 3.8) is 0 Å². The van der Waals surface area contributed by atoms with Gasteiger partial charge in [-0.05, 0) is 111 Å². The van der Waals surface area contributed by atoms with E-state index in [0.29, 0.717) is 38.1 Å². The summed E-state index contributed by atoms with van der Waals surface area (Å²) in [4.78, 5) is 23.6. The average Bonchev–Trinajstić information content (AvgIpc) is 3.70. The van der Waals surface area contributed by atoms with Gasteiger partial charge < -0.3 is 34.1 Å². The fraction of sp³-hybridized carbons (Fsp3) is 0.872. The lowest BCUT2D eigenvalue weighted by atomic mass is 9.41. The fourth-order valence-electron chi connectivity index (χ4n) is 13.8. The molecule has 2 spiro atoms. The first-order chi connectivity index (χ1) is 23.1.